The molecule has 0 unspecified atom stereocenters. The van der Waals surface area contributed by atoms with Crippen LogP contribution < -0.4 is 0 Å². The molecule has 1 aliphatic heterocycles. The van der Waals surface area contributed by atoms with Crippen LogP contribution in [-0.2, 0) is 21.2 Å². The van der Waals surface area contributed by atoms with E-state index in [1.807, 2.05) is 0 Å². The summed E-state index contributed by atoms with van der Waals surface area (Å²) in [4.78, 5) is 16.9. The number of Topliss-reactive ketones (excluding diaryl/α,β-unsaturated/α-hetero) is 1. The lowest BCUT2D eigenvalue weighted by atomic mass is 10.1. The minimum Gasteiger partial charge on any atom is -0.443 e. The summed E-state index contributed by atoms with van der Waals surface area (Å²) in [6.45, 7) is 0.236. The van der Waals surface area contributed by atoms with Gasteiger partial charge in [-0.15, -0.1) is 0 Å². The zero-order chi connectivity index (χ0) is 20.6. The van der Waals surface area contributed by atoms with Gasteiger partial charge in [-0.3, -0.25) is 9.78 Å². The first-order valence-electron chi connectivity index (χ1n) is 9.19. The fraction of sp³-hybridized carbons (Fsp3) is 0.300. The van der Waals surface area contributed by atoms with Gasteiger partial charge in [-0.25, -0.2) is 12.8 Å². The summed E-state index contributed by atoms with van der Waals surface area (Å²) in [5, 5.41) is 0.612. The van der Waals surface area contributed by atoms with Crippen molar-refractivity contribution in [1.29, 1.82) is 0 Å². The summed E-state index contributed by atoms with van der Waals surface area (Å²) in [5.41, 5.74) is 0.955. The van der Waals surface area contributed by atoms with Gasteiger partial charge in [0.2, 0.25) is 5.09 Å². The third-order valence-electron chi connectivity index (χ3n) is 5.00. The number of rotatable bonds is 6. The number of aromatic nitrogens is 1. The minimum absolute atomic E-state index is 0.162. The summed E-state index contributed by atoms with van der Waals surface area (Å²) in [5.74, 6) is -0.652. The summed E-state index contributed by atoms with van der Waals surface area (Å²) in [6, 6.07) is 7.68. The van der Waals surface area contributed by atoms with Crippen molar-refractivity contribution in [2.45, 2.75) is 36.8 Å². The Hall–Kier alpha value is -2.29. The first-order valence-corrected chi connectivity index (χ1v) is 11.0. The van der Waals surface area contributed by atoms with Crippen LogP contribution >= 0.6 is 11.6 Å². The summed E-state index contributed by atoms with van der Waals surface area (Å²) < 4.78 is 46.2. The molecule has 0 saturated carbocycles. The second kappa shape index (κ2) is 7.85. The van der Waals surface area contributed by atoms with Crippen LogP contribution in [0, 0.1) is 5.82 Å². The van der Waals surface area contributed by atoms with Crippen LogP contribution in [0.4, 0.5) is 4.39 Å². The largest absolute Gasteiger partial charge is 0.443 e. The summed E-state index contributed by atoms with van der Waals surface area (Å²) >= 11 is 5.93. The average Bonchev–Trinajstić information content (AvgIpc) is 3.33. The Balaban J connectivity index is 1.53. The van der Waals surface area contributed by atoms with Crippen LogP contribution in [0.5, 0.6) is 0 Å². The summed E-state index contributed by atoms with van der Waals surface area (Å²) in [6.07, 6.45) is 3.15. The second-order valence-corrected chi connectivity index (χ2v) is 9.21. The Labute approximate surface area is 172 Å². The Morgan fingerprint density at radius 2 is 2.10 bits per heavy atom. The topological polar surface area (TPSA) is 80.5 Å². The predicted molar refractivity (Wildman–Crippen MR) is 106 cm³/mol. The van der Waals surface area contributed by atoms with E-state index in [2.05, 4.69) is 4.98 Å². The number of aryl methyl sites for hydroxylation is 1. The highest BCUT2D eigenvalue weighted by Crippen LogP contribution is 2.31. The van der Waals surface area contributed by atoms with Crippen molar-refractivity contribution in [3.63, 3.8) is 0 Å². The minimum atomic E-state index is -4.01. The Kier molecular flexibility index (Phi) is 5.42. The molecule has 3 aromatic rings. The number of hydrogen-bond acceptors (Lipinski definition) is 5. The number of benzene rings is 1. The number of carbonyl (C=O) groups is 1. The molecule has 2 aromatic heterocycles. The van der Waals surface area contributed by atoms with Crippen LogP contribution in [0.15, 0.2) is 52.1 Å². The molecular formula is C20H18ClFN2O4S. The molecule has 0 amide bonds. The molecule has 1 aromatic carbocycles. The molecule has 29 heavy (non-hydrogen) atoms. The van der Waals surface area contributed by atoms with Crippen molar-refractivity contribution in [3.05, 3.63) is 59.1 Å². The summed E-state index contributed by atoms with van der Waals surface area (Å²) in [7, 11) is -4.01. The van der Waals surface area contributed by atoms with Crippen molar-refractivity contribution in [2.75, 3.05) is 6.54 Å². The van der Waals surface area contributed by atoms with Crippen molar-refractivity contribution in [2.24, 2.45) is 0 Å². The van der Waals surface area contributed by atoms with Crippen LogP contribution in [-0.4, -0.2) is 36.1 Å². The van der Waals surface area contributed by atoms with Gasteiger partial charge in [-0.05, 0) is 49.6 Å². The van der Waals surface area contributed by atoms with Gasteiger partial charge < -0.3 is 4.42 Å². The number of sulfonamides is 1. The molecule has 1 aliphatic rings. The highest BCUT2D eigenvalue weighted by Gasteiger charge is 2.40. The molecule has 6 nitrogen and oxygen atoms in total. The van der Waals surface area contributed by atoms with E-state index >= 15 is 0 Å². The molecule has 1 saturated heterocycles. The number of nitrogens with zero attached hydrogens (tertiary/aromatic N) is 2. The molecule has 9 heteroatoms. The quantitative estimate of drug-likeness (QED) is 0.584. The van der Waals surface area contributed by atoms with Gasteiger partial charge in [0, 0.05) is 41.3 Å². The maximum absolute atomic E-state index is 13.4. The third-order valence-corrected chi connectivity index (χ3v) is 7.00. The number of ketones is 1. The zero-order valence-corrected chi connectivity index (χ0v) is 16.9. The first kappa shape index (κ1) is 20.0. The van der Waals surface area contributed by atoms with Crippen LogP contribution in [0.2, 0.25) is 5.02 Å². The number of hydrogen-bond donors (Lipinski definition) is 0. The monoisotopic (exact) mass is 436 g/mol. The molecule has 0 spiro atoms. The highest BCUT2D eigenvalue weighted by atomic mass is 35.5. The number of pyridine rings is 1. The smallest absolute Gasteiger partial charge is 0.277 e. The van der Waals surface area contributed by atoms with E-state index in [-0.39, 0.29) is 29.4 Å². The van der Waals surface area contributed by atoms with Crippen molar-refractivity contribution in [1.82, 2.24) is 9.29 Å². The molecule has 0 radical (unpaired) electrons. The lowest BCUT2D eigenvalue weighted by Gasteiger charge is -2.21. The molecule has 1 fully saturated rings. The van der Waals surface area contributed by atoms with E-state index in [1.54, 1.807) is 18.3 Å². The van der Waals surface area contributed by atoms with Crippen molar-refractivity contribution in [3.8, 4) is 0 Å². The first-order chi connectivity index (χ1) is 13.8. The van der Waals surface area contributed by atoms with Gasteiger partial charge in [0.15, 0.2) is 5.78 Å². The maximum Gasteiger partial charge on any atom is 0.277 e. The fourth-order valence-corrected chi connectivity index (χ4v) is 5.40. The predicted octanol–water partition coefficient (Wildman–Crippen LogP) is 3.98. The van der Waals surface area contributed by atoms with Gasteiger partial charge in [0.05, 0.1) is 6.04 Å². The Bertz CT molecular complexity index is 1180. The van der Waals surface area contributed by atoms with E-state index in [0.29, 0.717) is 35.4 Å². The van der Waals surface area contributed by atoms with E-state index in [1.165, 1.54) is 28.6 Å². The van der Waals surface area contributed by atoms with Gasteiger partial charge in [-0.1, -0.05) is 11.6 Å². The third kappa shape index (κ3) is 4.05. The zero-order valence-electron chi connectivity index (χ0n) is 15.3. The highest BCUT2D eigenvalue weighted by molar-refractivity contribution is 7.89. The van der Waals surface area contributed by atoms with E-state index in [4.69, 9.17) is 16.0 Å². The van der Waals surface area contributed by atoms with Gasteiger partial charge in [0.1, 0.15) is 11.4 Å². The van der Waals surface area contributed by atoms with Crippen LogP contribution in [0.1, 0.15) is 25.0 Å². The van der Waals surface area contributed by atoms with Crippen molar-refractivity contribution < 1.29 is 22.0 Å². The molecule has 1 atom stereocenters. The average molecular weight is 437 g/mol. The molecule has 0 aliphatic carbocycles. The number of halogens is 2. The maximum atomic E-state index is 13.4. The van der Waals surface area contributed by atoms with E-state index in [9.17, 15) is 17.6 Å². The molecule has 4 rings (SSSR count). The molecule has 152 valence electrons. The van der Waals surface area contributed by atoms with Gasteiger partial charge >= 0.3 is 0 Å². The lowest BCUT2D eigenvalue weighted by molar-refractivity contribution is -0.122. The van der Waals surface area contributed by atoms with Crippen LogP contribution in [0.25, 0.3) is 11.0 Å². The standard InChI is InChI=1S/C20H18ClFN2O4S/c21-14-7-8-23-16(12-14)4-5-18(25)17-2-1-9-24(17)29(26,27)20-11-13-10-15(22)3-6-19(13)28-20/h3,6-8,10-12,17H,1-2,4-5,9H2/t17-/m0/s1. The van der Waals surface area contributed by atoms with Gasteiger partial charge in [-0.2, -0.15) is 4.31 Å². The number of fused-ring (bicyclic) bond motifs is 1. The van der Waals surface area contributed by atoms with E-state index in [0.717, 1.165) is 0 Å². The fourth-order valence-electron chi connectivity index (χ4n) is 3.59. The Morgan fingerprint density at radius 1 is 1.28 bits per heavy atom. The number of carbonyl (C=O) groups excluding carboxylic acids is 1. The normalized spacial score (nSPS) is 17.8. The molecule has 0 bridgehead atoms. The van der Waals surface area contributed by atoms with E-state index < -0.39 is 21.9 Å². The van der Waals surface area contributed by atoms with Crippen molar-refractivity contribution >= 4 is 38.4 Å². The number of furan rings is 1. The molecule has 3 heterocycles. The lowest BCUT2D eigenvalue weighted by Crippen LogP contribution is -2.40. The second-order valence-electron chi connectivity index (χ2n) is 6.95. The molecule has 0 N–H and O–H groups in total. The SMILES string of the molecule is O=C(CCc1cc(Cl)ccn1)[C@@H]1CCCN1S(=O)(=O)c1cc2cc(F)ccc2o1. The molecular weight excluding hydrogens is 419 g/mol. The van der Waals surface area contributed by atoms with Crippen LogP contribution in [0.3, 0.4) is 0 Å². The van der Waals surface area contributed by atoms with Gasteiger partial charge in [0.25, 0.3) is 10.0 Å². The Morgan fingerprint density at radius 3 is 2.90 bits per heavy atom.